The standard InChI is InChI=1S/C12H17N3O2S2/c1-8-7-10(17-14-8)13-11(16)9(2)19-12(18)15-5-3-4-6-15/h7,9H,3-6H2,1-2H3,(H,13,16). The molecule has 1 aliphatic rings. The maximum atomic E-state index is 12.0. The summed E-state index contributed by atoms with van der Waals surface area (Å²) in [6.07, 6.45) is 2.36. The molecule has 1 aromatic rings. The van der Waals surface area contributed by atoms with E-state index in [1.165, 1.54) is 24.6 Å². The summed E-state index contributed by atoms with van der Waals surface area (Å²) in [4.78, 5) is 14.1. The molecule has 1 N–H and O–H groups in total. The van der Waals surface area contributed by atoms with E-state index in [2.05, 4.69) is 15.4 Å². The van der Waals surface area contributed by atoms with Crippen molar-refractivity contribution in [1.82, 2.24) is 10.1 Å². The summed E-state index contributed by atoms with van der Waals surface area (Å²) in [6.45, 7) is 5.65. The summed E-state index contributed by atoms with van der Waals surface area (Å²) in [5, 5.41) is 6.16. The van der Waals surface area contributed by atoms with Crippen molar-refractivity contribution >= 4 is 40.1 Å². The maximum absolute atomic E-state index is 12.0. The molecule has 19 heavy (non-hydrogen) atoms. The van der Waals surface area contributed by atoms with Gasteiger partial charge in [0.25, 0.3) is 0 Å². The summed E-state index contributed by atoms with van der Waals surface area (Å²) in [5.41, 5.74) is 0.739. The van der Waals surface area contributed by atoms with Crippen LogP contribution in [0.3, 0.4) is 0 Å². The SMILES string of the molecule is Cc1cc(NC(=O)C(C)SC(=S)N2CCCC2)on1. The highest BCUT2D eigenvalue weighted by Gasteiger charge is 2.22. The molecule has 1 atom stereocenters. The fourth-order valence-electron chi connectivity index (χ4n) is 1.82. The first-order valence-corrected chi connectivity index (χ1v) is 7.55. The Balaban J connectivity index is 1.83. The molecule has 0 aliphatic carbocycles. The lowest BCUT2D eigenvalue weighted by Crippen LogP contribution is -2.29. The highest BCUT2D eigenvalue weighted by atomic mass is 32.2. The van der Waals surface area contributed by atoms with Crippen LogP contribution in [-0.4, -0.2) is 38.6 Å². The highest BCUT2D eigenvalue weighted by molar-refractivity contribution is 8.23. The first-order chi connectivity index (χ1) is 9.06. The van der Waals surface area contributed by atoms with Crippen molar-refractivity contribution < 1.29 is 9.32 Å². The minimum atomic E-state index is -0.251. The van der Waals surface area contributed by atoms with E-state index in [-0.39, 0.29) is 11.2 Å². The first kappa shape index (κ1) is 14.3. The van der Waals surface area contributed by atoms with Gasteiger partial charge in [-0.2, -0.15) is 0 Å². The molecule has 1 aromatic heterocycles. The number of hydrogen-bond donors (Lipinski definition) is 1. The predicted octanol–water partition coefficient (Wildman–Crippen LogP) is 2.42. The van der Waals surface area contributed by atoms with Crippen molar-refractivity contribution in [3.8, 4) is 0 Å². The van der Waals surface area contributed by atoms with Crippen molar-refractivity contribution in [2.75, 3.05) is 18.4 Å². The Morgan fingerprint density at radius 2 is 2.26 bits per heavy atom. The van der Waals surface area contributed by atoms with E-state index in [9.17, 15) is 4.79 Å². The summed E-state index contributed by atoms with van der Waals surface area (Å²) in [6, 6.07) is 1.69. The fraction of sp³-hybridized carbons (Fsp3) is 0.583. The second kappa shape index (κ2) is 6.38. The van der Waals surface area contributed by atoms with E-state index in [1.807, 2.05) is 6.92 Å². The summed E-state index contributed by atoms with van der Waals surface area (Å²) >= 11 is 6.77. The largest absolute Gasteiger partial charge is 0.358 e. The zero-order valence-electron chi connectivity index (χ0n) is 11.0. The number of aromatic nitrogens is 1. The number of likely N-dealkylation sites (tertiary alicyclic amines) is 1. The number of nitrogens with zero attached hydrogens (tertiary/aromatic N) is 2. The number of thioether (sulfide) groups is 1. The Morgan fingerprint density at radius 1 is 1.58 bits per heavy atom. The van der Waals surface area contributed by atoms with Gasteiger partial charge in [-0.3, -0.25) is 10.1 Å². The minimum absolute atomic E-state index is 0.123. The number of hydrogen-bond acceptors (Lipinski definition) is 5. The number of nitrogens with one attached hydrogen (secondary N) is 1. The van der Waals surface area contributed by atoms with Gasteiger partial charge in [-0.15, -0.1) is 0 Å². The molecule has 0 saturated carbocycles. The van der Waals surface area contributed by atoms with Gasteiger partial charge in [0.05, 0.1) is 10.9 Å². The minimum Gasteiger partial charge on any atom is -0.358 e. The third-order valence-corrected chi connectivity index (χ3v) is 4.46. The maximum Gasteiger partial charge on any atom is 0.240 e. The number of thiocarbonyl (C=S) groups is 1. The summed E-state index contributed by atoms with van der Waals surface area (Å²) in [5.74, 6) is 0.254. The lowest BCUT2D eigenvalue weighted by Gasteiger charge is -2.19. The Bertz CT molecular complexity index is 469. The quantitative estimate of drug-likeness (QED) is 0.865. The third kappa shape index (κ3) is 3.94. The summed E-state index contributed by atoms with van der Waals surface area (Å²) in [7, 11) is 0. The molecule has 2 heterocycles. The van der Waals surface area contributed by atoms with Crippen LogP contribution >= 0.6 is 24.0 Å². The predicted molar refractivity (Wildman–Crippen MR) is 80.3 cm³/mol. The van der Waals surface area contributed by atoms with Crippen LogP contribution in [0.2, 0.25) is 0 Å². The lowest BCUT2D eigenvalue weighted by atomic mass is 10.4. The molecule has 1 saturated heterocycles. The second-order valence-corrected chi connectivity index (χ2v) is 6.52. The van der Waals surface area contributed by atoms with E-state index in [1.54, 1.807) is 13.0 Å². The van der Waals surface area contributed by atoms with Crippen LogP contribution < -0.4 is 5.32 Å². The summed E-state index contributed by atoms with van der Waals surface area (Å²) < 4.78 is 5.76. The Hall–Kier alpha value is -1.08. The second-order valence-electron chi connectivity index (χ2n) is 4.54. The van der Waals surface area contributed by atoms with Crippen molar-refractivity contribution in [2.24, 2.45) is 0 Å². The van der Waals surface area contributed by atoms with E-state index < -0.39 is 0 Å². The number of aryl methyl sites for hydroxylation is 1. The average Bonchev–Trinajstić information content (AvgIpc) is 3.00. The number of carbonyl (C=O) groups is 1. The van der Waals surface area contributed by atoms with Crippen molar-refractivity contribution in [3.63, 3.8) is 0 Å². The van der Waals surface area contributed by atoms with Gasteiger partial charge in [-0.05, 0) is 26.7 Å². The molecule has 1 fully saturated rings. The van der Waals surface area contributed by atoms with Crippen LogP contribution in [-0.2, 0) is 4.79 Å². The molecular formula is C12H17N3O2S2. The van der Waals surface area contributed by atoms with Crippen molar-refractivity contribution in [2.45, 2.75) is 31.9 Å². The Labute approximate surface area is 122 Å². The van der Waals surface area contributed by atoms with Gasteiger partial charge in [0.15, 0.2) is 0 Å². The van der Waals surface area contributed by atoms with Gasteiger partial charge in [-0.1, -0.05) is 29.1 Å². The van der Waals surface area contributed by atoms with Crippen molar-refractivity contribution in [1.29, 1.82) is 0 Å². The van der Waals surface area contributed by atoms with Crippen LogP contribution in [0.1, 0.15) is 25.5 Å². The smallest absolute Gasteiger partial charge is 0.240 e. The molecule has 7 heteroatoms. The molecule has 1 unspecified atom stereocenters. The van der Waals surface area contributed by atoms with Gasteiger partial charge < -0.3 is 9.42 Å². The molecule has 0 aromatic carbocycles. The molecule has 2 rings (SSSR count). The van der Waals surface area contributed by atoms with E-state index in [4.69, 9.17) is 16.7 Å². The zero-order chi connectivity index (χ0) is 13.8. The number of anilines is 1. The number of rotatable bonds is 3. The van der Waals surface area contributed by atoms with Gasteiger partial charge in [0.1, 0.15) is 4.32 Å². The van der Waals surface area contributed by atoms with Crippen LogP contribution in [0.15, 0.2) is 10.6 Å². The number of carbonyl (C=O) groups excluding carboxylic acids is 1. The van der Waals surface area contributed by atoms with Crippen LogP contribution in [0, 0.1) is 6.92 Å². The van der Waals surface area contributed by atoms with Gasteiger partial charge in [0.2, 0.25) is 11.8 Å². The molecule has 104 valence electrons. The molecule has 0 spiro atoms. The Morgan fingerprint density at radius 3 is 2.84 bits per heavy atom. The van der Waals surface area contributed by atoms with E-state index >= 15 is 0 Å². The third-order valence-electron chi connectivity index (χ3n) is 2.89. The number of amides is 1. The topological polar surface area (TPSA) is 58.4 Å². The van der Waals surface area contributed by atoms with E-state index in [0.717, 1.165) is 23.1 Å². The van der Waals surface area contributed by atoms with Gasteiger partial charge in [-0.25, -0.2) is 0 Å². The van der Waals surface area contributed by atoms with Gasteiger partial charge >= 0.3 is 0 Å². The monoisotopic (exact) mass is 299 g/mol. The lowest BCUT2D eigenvalue weighted by molar-refractivity contribution is -0.115. The molecule has 1 amide bonds. The zero-order valence-corrected chi connectivity index (χ0v) is 12.6. The highest BCUT2D eigenvalue weighted by Crippen LogP contribution is 2.21. The molecule has 5 nitrogen and oxygen atoms in total. The molecular weight excluding hydrogens is 282 g/mol. The first-order valence-electron chi connectivity index (χ1n) is 6.26. The molecule has 0 bridgehead atoms. The van der Waals surface area contributed by atoms with Crippen LogP contribution in [0.5, 0.6) is 0 Å². The fourth-order valence-corrected chi connectivity index (χ4v) is 3.24. The van der Waals surface area contributed by atoms with Crippen LogP contribution in [0.4, 0.5) is 5.88 Å². The molecule has 0 radical (unpaired) electrons. The molecule has 1 aliphatic heterocycles. The van der Waals surface area contributed by atoms with Crippen molar-refractivity contribution in [3.05, 3.63) is 11.8 Å². The normalized spacial score (nSPS) is 16.4. The Kier molecular flexibility index (Phi) is 4.81. The van der Waals surface area contributed by atoms with E-state index in [0.29, 0.717) is 5.88 Å². The van der Waals surface area contributed by atoms with Gasteiger partial charge in [0, 0.05) is 19.2 Å². The average molecular weight is 299 g/mol. The van der Waals surface area contributed by atoms with Crippen LogP contribution in [0.25, 0.3) is 0 Å².